The van der Waals surface area contributed by atoms with Gasteiger partial charge in [0.05, 0.1) is 50.7 Å². The van der Waals surface area contributed by atoms with Crippen molar-refractivity contribution in [1.82, 2.24) is 0 Å². The van der Waals surface area contributed by atoms with Crippen LogP contribution in [-0.4, -0.2) is 52.3 Å². The van der Waals surface area contributed by atoms with E-state index in [-0.39, 0.29) is 11.1 Å². The standard InChI is InChI=1S/C18H24O8/c1-9(2)11(15(19)23-5)13(17(21)25-7)14(18(22)26-8)12(10(3)4)16(20)24-6/h1-8H3/b14-13-. The molecular formula is C18H24O8. The van der Waals surface area contributed by atoms with Crippen LogP contribution in [0.15, 0.2) is 33.4 Å². The predicted molar refractivity (Wildman–Crippen MR) is 91.8 cm³/mol. The number of allylic oxidation sites excluding steroid dienone is 2. The van der Waals surface area contributed by atoms with Crippen molar-refractivity contribution in [2.24, 2.45) is 0 Å². The van der Waals surface area contributed by atoms with Gasteiger partial charge in [0.25, 0.3) is 0 Å². The molecule has 0 N–H and O–H groups in total. The summed E-state index contributed by atoms with van der Waals surface area (Å²) in [5, 5.41) is 0. The third kappa shape index (κ3) is 5.05. The minimum absolute atomic E-state index is 0.206. The Balaban J connectivity index is 7.43. The third-order valence-corrected chi connectivity index (χ3v) is 3.31. The predicted octanol–water partition coefficient (Wildman–Crippen LogP) is 1.65. The lowest BCUT2D eigenvalue weighted by Gasteiger charge is -2.17. The molecule has 0 aromatic carbocycles. The zero-order chi connectivity index (χ0) is 20.6. The van der Waals surface area contributed by atoms with E-state index in [1.165, 1.54) is 0 Å². The highest BCUT2D eigenvalue weighted by molar-refractivity contribution is 6.17. The summed E-state index contributed by atoms with van der Waals surface area (Å²) in [5.41, 5.74) is -0.543. The van der Waals surface area contributed by atoms with Crippen LogP contribution < -0.4 is 0 Å². The minimum Gasteiger partial charge on any atom is -0.465 e. The SMILES string of the molecule is COC(=O)C(=C(C)C)/C(C(=O)OC)=C(/C(=O)OC)C(C(=O)OC)=C(C)C. The van der Waals surface area contributed by atoms with Gasteiger partial charge >= 0.3 is 23.9 Å². The van der Waals surface area contributed by atoms with Gasteiger partial charge in [0.1, 0.15) is 0 Å². The van der Waals surface area contributed by atoms with E-state index in [9.17, 15) is 19.2 Å². The fraction of sp³-hybridized carbons (Fsp3) is 0.444. The van der Waals surface area contributed by atoms with Crippen LogP contribution in [0, 0.1) is 0 Å². The molecule has 0 aliphatic rings. The van der Waals surface area contributed by atoms with Crippen molar-refractivity contribution in [3.63, 3.8) is 0 Å². The van der Waals surface area contributed by atoms with Gasteiger partial charge < -0.3 is 18.9 Å². The fourth-order valence-corrected chi connectivity index (χ4v) is 2.18. The second kappa shape index (κ2) is 10.2. The van der Waals surface area contributed by atoms with Crippen LogP contribution in [0.25, 0.3) is 0 Å². The highest BCUT2D eigenvalue weighted by Gasteiger charge is 2.35. The lowest BCUT2D eigenvalue weighted by Crippen LogP contribution is -2.25. The molecule has 0 unspecified atom stereocenters. The number of carbonyl (C=O) groups excluding carboxylic acids is 4. The van der Waals surface area contributed by atoms with Gasteiger partial charge in [0.2, 0.25) is 0 Å². The second-order valence-electron chi connectivity index (χ2n) is 5.47. The maximum Gasteiger partial charge on any atom is 0.339 e. The van der Waals surface area contributed by atoms with Crippen molar-refractivity contribution in [2.75, 3.05) is 28.4 Å². The van der Waals surface area contributed by atoms with Crippen molar-refractivity contribution in [3.05, 3.63) is 33.4 Å². The first-order valence-electron chi connectivity index (χ1n) is 7.52. The first-order chi connectivity index (χ1) is 12.1. The smallest absolute Gasteiger partial charge is 0.339 e. The molecule has 0 atom stereocenters. The number of esters is 4. The molecule has 0 fully saturated rings. The summed E-state index contributed by atoms with van der Waals surface area (Å²) < 4.78 is 18.9. The largest absolute Gasteiger partial charge is 0.465 e. The Hall–Kier alpha value is -2.90. The molecule has 0 radical (unpaired) electrons. The van der Waals surface area contributed by atoms with Gasteiger partial charge in [-0.2, -0.15) is 0 Å². The van der Waals surface area contributed by atoms with E-state index in [0.717, 1.165) is 28.4 Å². The Morgan fingerprint density at radius 3 is 0.769 bits per heavy atom. The van der Waals surface area contributed by atoms with Crippen LogP contribution in [0.4, 0.5) is 0 Å². The lowest BCUT2D eigenvalue weighted by molar-refractivity contribution is -0.141. The minimum atomic E-state index is -1.00. The van der Waals surface area contributed by atoms with E-state index in [1.54, 1.807) is 27.7 Å². The van der Waals surface area contributed by atoms with Crippen LogP contribution in [0.1, 0.15) is 27.7 Å². The topological polar surface area (TPSA) is 105 Å². The van der Waals surface area contributed by atoms with Gasteiger partial charge in [-0.25, -0.2) is 19.2 Å². The molecule has 0 aliphatic heterocycles. The number of ether oxygens (including phenoxy) is 4. The number of rotatable bonds is 6. The lowest BCUT2D eigenvalue weighted by atomic mass is 9.90. The number of methoxy groups -OCH3 is 4. The molecule has 0 aliphatic carbocycles. The van der Waals surface area contributed by atoms with Crippen LogP contribution in [0.5, 0.6) is 0 Å². The van der Waals surface area contributed by atoms with Crippen molar-refractivity contribution in [3.8, 4) is 0 Å². The number of hydrogen-bond donors (Lipinski definition) is 0. The summed E-state index contributed by atoms with van der Waals surface area (Å²) in [6, 6.07) is 0. The average Bonchev–Trinajstić information content (AvgIpc) is 2.61. The van der Waals surface area contributed by atoms with Gasteiger partial charge in [-0.3, -0.25) is 0 Å². The second-order valence-corrected chi connectivity index (χ2v) is 5.47. The molecule has 0 aromatic heterocycles. The summed E-state index contributed by atoms with van der Waals surface area (Å²) in [5.74, 6) is -3.75. The molecule has 0 saturated heterocycles. The van der Waals surface area contributed by atoms with Crippen LogP contribution >= 0.6 is 0 Å². The molecule has 8 nitrogen and oxygen atoms in total. The van der Waals surface area contributed by atoms with E-state index < -0.39 is 35.0 Å². The fourth-order valence-electron chi connectivity index (χ4n) is 2.18. The average molecular weight is 368 g/mol. The first kappa shape index (κ1) is 23.1. The van der Waals surface area contributed by atoms with Crippen LogP contribution in [0.2, 0.25) is 0 Å². The Kier molecular flexibility index (Phi) is 9.04. The Morgan fingerprint density at radius 1 is 0.423 bits per heavy atom. The van der Waals surface area contributed by atoms with Gasteiger partial charge in [-0.05, 0) is 27.7 Å². The highest BCUT2D eigenvalue weighted by atomic mass is 16.5. The van der Waals surface area contributed by atoms with Gasteiger partial charge in [0.15, 0.2) is 0 Å². The Morgan fingerprint density at radius 2 is 0.615 bits per heavy atom. The van der Waals surface area contributed by atoms with Crippen molar-refractivity contribution in [2.45, 2.75) is 27.7 Å². The number of hydrogen-bond acceptors (Lipinski definition) is 8. The normalized spacial score (nSPS) is 10.8. The molecule has 0 heterocycles. The van der Waals surface area contributed by atoms with Crippen molar-refractivity contribution >= 4 is 23.9 Å². The maximum atomic E-state index is 12.5. The van der Waals surface area contributed by atoms with E-state index in [2.05, 4.69) is 0 Å². The molecule has 26 heavy (non-hydrogen) atoms. The Labute approximate surface area is 152 Å². The number of carbonyl (C=O) groups is 4. The molecule has 0 saturated carbocycles. The van der Waals surface area contributed by atoms with Crippen molar-refractivity contribution in [1.29, 1.82) is 0 Å². The molecule has 144 valence electrons. The Bertz CT molecular complexity index is 639. The summed E-state index contributed by atoms with van der Waals surface area (Å²) in [6.45, 7) is 6.18. The maximum absolute atomic E-state index is 12.5. The van der Waals surface area contributed by atoms with E-state index in [1.807, 2.05) is 0 Å². The molecule has 0 bridgehead atoms. The van der Waals surface area contributed by atoms with Crippen LogP contribution in [-0.2, 0) is 38.1 Å². The molecule has 0 aromatic rings. The molecular weight excluding hydrogens is 344 g/mol. The summed E-state index contributed by atoms with van der Waals surface area (Å²) >= 11 is 0. The first-order valence-corrected chi connectivity index (χ1v) is 7.52. The molecule has 0 amide bonds. The molecule has 0 spiro atoms. The van der Waals surface area contributed by atoms with E-state index >= 15 is 0 Å². The highest BCUT2D eigenvalue weighted by Crippen LogP contribution is 2.29. The molecule has 0 rings (SSSR count). The van der Waals surface area contributed by atoms with Gasteiger partial charge in [-0.1, -0.05) is 11.1 Å². The zero-order valence-corrected chi connectivity index (χ0v) is 16.3. The quantitative estimate of drug-likeness (QED) is 0.302. The van der Waals surface area contributed by atoms with Crippen LogP contribution in [0.3, 0.4) is 0 Å². The summed E-state index contributed by atoms with van der Waals surface area (Å²) in [4.78, 5) is 49.5. The van der Waals surface area contributed by atoms with Gasteiger partial charge in [-0.15, -0.1) is 0 Å². The zero-order valence-electron chi connectivity index (χ0n) is 16.3. The monoisotopic (exact) mass is 368 g/mol. The van der Waals surface area contributed by atoms with Crippen molar-refractivity contribution < 1.29 is 38.1 Å². The van der Waals surface area contributed by atoms with Gasteiger partial charge in [0, 0.05) is 0 Å². The summed E-state index contributed by atoms with van der Waals surface area (Å²) in [7, 11) is 4.41. The molecule has 8 heteroatoms. The third-order valence-electron chi connectivity index (χ3n) is 3.31. The summed E-state index contributed by atoms with van der Waals surface area (Å²) in [6.07, 6.45) is 0. The van der Waals surface area contributed by atoms with E-state index in [0.29, 0.717) is 11.1 Å². The van der Waals surface area contributed by atoms with E-state index in [4.69, 9.17) is 18.9 Å².